The summed E-state index contributed by atoms with van der Waals surface area (Å²) in [7, 11) is -2.17. The van der Waals surface area contributed by atoms with E-state index in [0.29, 0.717) is 38.1 Å². The predicted octanol–water partition coefficient (Wildman–Crippen LogP) is 3.29. The van der Waals surface area contributed by atoms with Crippen LogP contribution < -0.4 is 14.8 Å². The first-order chi connectivity index (χ1) is 18.8. The smallest absolute Gasteiger partial charge is 0.240 e. The lowest BCUT2D eigenvalue weighted by Gasteiger charge is -2.39. The second-order valence-electron chi connectivity index (χ2n) is 9.98. The molecule has 1 saturated carbocycles. The van der Waals surface area contributed by atoms with Crippen molar-refractivity contribution in [1.29, 1.82) is 0 Å². The van der Waals surface area contributed by atoms with Crippen LogP contribution in [0.4, 0.5) is 0 Å². The van der Waals surface area contributed by atoms with Crippen LogP contribution in [0.5, 0.6) is 5.88 Å². The molecule has 0 spiro atoms. The highest BCUT2D eigenvalue weighted by Gasteiger charge is 2.37. The Bertz CT molecular complexity index is 1420. The van der Waals surface area contributed by atoms with E-state index >= 15 is 0 Å². The van der Waals surface area contributed by atoms with E-state index in [9.17, 15) is 18.0 Å². The zero-order valence-electron chi connectivity index (χ0n) is 21.7. The van der Waals surface area contributed by atoms with Gasteiger partial charge in [0.15, 0.2) is 0 Å². The molecule has 1 atom stereocenters. The van der Waals surface area contributed by atoms with E-state index in [4.69, 9.17) is 4.74 Å². The van der Waals surface area contributed by atoms with Gasteiger partial charge in [0.25, 0.3) is 0 Å². The number of carbonyl (C=O) groups is 2. The van der Waals surface area contributed by atoms with Crippen molar-refractivity contribution in [2.75, 3.05) is 20.2 Å². The molecule has 2 heterocycles. The summed E-state index contributed by atoms with van der Waals surface area (Å²) in [6.45, 7) is 0.421. The molecule has 0 bridgehead atoms. The van der Waals surface area contributed by atoms with Crippen LogP contribution in [0.15, 0.2) is 77.8 Å². The summed E-state index contributed by atoms with van der Waals surface area (Å²) < 4.78 is 34.2. The molecule has 9 nitrogen and oxygen atoms in total. The van der Waals surface area contributed by atoms with Crippen LogP contribution in [-0.2, 0) is 19.6 Å². The SMILES string of the molecule is COc1cc(-c2ccc(S(=O)(=O)N[C@H]3CC[C@H](C(=O)N4CC(=O)NC[C@@H]4c4ccccc4)CC3)cc2)ccn1. The minimum absolute atomic E-state index is 0.0349. The Morgan fingerprint density at radius 2 is 1.72 bits per heavy atom. The Morgan fingerprint density at radius 3 is 2.41 bits per heavy atom. The molecule has 204 valence electrons. The number of ether oxygens (including phenoxy) is 1. The molecule has 0 radical (unpaired) electrons. The second-order valence-corrected chi connectivity index (χ2v) is 11.7. The standard InChI is InChI=1S/C29H32N4O5S/c1-38-28-17-23(15-16-30-28)20-9-13-25(14-10-20)39(36,37)32-24-11-7-22(8-12-24)29(35)33-19-27(34)31-18-26(33)21-5-3-2-4-6-21/h2-6,9-10,13-17,22,24,26,32H,7-8,11-12,18-19H2,1H3,(H,31,34)/t22-,24-,26-/m1/s1. The van der Waals surface area contributed by atoms with E-state index in [1.54, 1.807) is 48.5 Å². The van der Waals surface area contributed by atoms with Gasteiger partial charge in [-0.2, -0.15) is 0 Å². The third-order valence-electron chi connectivity index (χ3n) is 7.49. The quantitative estimate of drug-likeness (QED) is 0.468. The van der Waals surface area contributed by atoms with Gasteiger partial charge in [0.05, 0.1) is 18.0 Å². The van der Waals surface area contributed by atoms with Gasteiger partial charge in [-0.1, -0.05) is 42.5 Å². The summed E-state index contributed by atoms with van der Waals surface area (Å²) >= 11 is 0. The molecular weight excluding hydrogens is 516 g/mol. The third-order valence-corrected chi connectivity index (χ3v) is 9.03. The first-order valence-corrected chi connectivity index (χ1v) is 14.6. The van der Waals surface area contributed by atoms with E-state index in [0.717, 1.165) is 16.7 Å². The number of sulfonamides is 1. The highest BCUT2D eigenvalue weighted by Crippen LogP contribution is 2.31. The molecule has 0 unspecified atom stereocenters. The Kier molecular flexibility index (Phi) is 7.94. The molecule has 2 fully saturated rings. The summed E-state index contributed by atoms with van der Waals surface area (Å²) in [6, 6.07) is 19.6. The van der Waals surface area contributed by atoms with E-state index < -0.39 is 10.0 Å². The number of aromatic nitrogens is 1. The van der Waals surface area contributed by atoms with Crippen LogP contribution in [0.3, 0.4) is 0 Å². The summed E-state index contributed by atoms with van der Waals surface area (Å²) in [6.07, 6.45) is 3.88. The van der Waals surface area contributed by atoms with Crippen molar-refractivity contribution in [3.63, 3.8) is 0 Å². The Labute approximate surface area is 228 Å². The molecule has 39 heavy (non-hydrogen) atoms. The van der Waals surface area contributed by atoms with Gasteiger partial charge >= 0.3 is 0 Å². The molecule has 2 amide bonds. The van der Waals surface area contributed by atoms with Crippen molar-refractivity contribution in [1.82, 2.24) is 19.9 Å². The number of nitrogens with one attached hydrogen (secondary N) is 2. The van der Waals surface area contributed by atoms with Gasteiger partial charge in [0.2, 0.25) is 27.7 Å². The molecule has 1 aliphatic carbocycles. The fourth-order valence-electron chi connectivity index (χ4n) is 5.35. The van der Waals surface area contributed by atoms with Crippen molar-refractivity contribution in [2.24, 2.45) is 5.92 Å². The lowest BCUT2D eigenvalue weighted by atomic mass is 9.85. The minimum Gasteiger partial charge on any atom is -0.481 e. The maximum absolute atomic E-state index is 13.5. The van der Waals surface area contributed by atoms with Crippen molar-refractivity contribution >= 4 is 21.8 Å². The van der Waals surface area contributed by atoms with Crippen LogP contribution in [0, 0.1) is 5.92 Å². The number of carbonyl (C=O) groups excluding carboxylic acids is 2. The number of piperazine rings is 1. The lowest BCUT2D eigenvalue weighted by molar-refractivity contribution is -0.145. The molecule has 2 N–H and O–H groups in total. The van der Waals surface area contributed by atoms with Crippen molar-refractivity contribution in [3.05, 3.63) is 78.5 Å². The van der Waals surface area contributed by atoms with Gasteiger partial charge < -0.3 is 15.0 Å². The van der Waals surface area contributed by atoms with Crippen molar-refractivity contribution in [3.8, 4) is 17.0 Å². The number of methoxy groups -OCH3 is 1. The van der Waals surface area contributed by atoms with Crippen LogP contribution in [0.2, 0.25) is 0 Å². The third kappa shape index (κ3) is 6.12. The fourth-order valence-corrected chi connectivity index (χ4v) is 6.66. The molecule has 1 saturated heterocycles. The lowest BCUT2D eigenvalue weighted by Crippen LogP contribution is -2.54. The van der Waals surface area contributed by atoms with E-state index in [-0.39, 0.29) is 41.3 Å². The minimum atomic E-state index is -3.72. The van der Waals surface area contributed by atoms with Gasteiger partial charge in [-0.05, 0) is 60.6 Å². The summed E-state index contributed by atoms with van der Waals surface area (Å²) in [5.74, 6) is 0.0491. The van der Waals surface area contributed by atoms with E-state index in [1.165, 1.54) is 0 Å². The molecule has 5 rings (SSSR count). The molecule has 1 aromatic heterocycles. The van der Waals surface area contributed by atoms with Crippen LogP contribution in [0.25, 0.3) is 11.1 Å². The zero-order valence-corrected chi connectivity index (χ0v) is 22.6. The first-order valence-electron chi connectivity index (χ1n) is 13.1. The molecule has 2 aromatic carbocycles. The maximum Gasteiger partial charge on any atom is 0.240 e. The van der Waals surface area contributed by atoms with Crippen LogP contribution in [-0.4, -0.2) is 56.4 Å². The van der Waals surface area contributed by atoms with Gasteiger partial charge in [0.1, 0.15) is 6.54 Å². The van der Waals surface area contributed by atoms with Crippen LogP contribution in [0.1, 0.15) is 37.3 Å². The first kappa shape index (κ1) is 26.8. The average Bonchev–Trinajstić information content (AvgIpc) is 2.97. The zero-order chi connectivity index (χ0) is 27.4. The number of nitrogens with zero attached hydrogens (tertiary/aromatic N) is 2. The van der Waals surface area contributed by atoms with Gasteiger partial charge in [-0.15, -0.1) is 0 Å². The number of benzene rings is 2. The summed E-state index contributed by atoms with van der Waals surface area (Å²) in [5.41, 5.74) is 2.72. The second kappa shape index (κ2) is 11.5. The molecule has 10 heteroatoms. The predicted molar refractivity (Wildman–Crippen MR) is 146 cm³/mol. The van der Waals surface area contributed by atoms with Crippen molar-refractivity contribution in [2.45, 2.75) is 42.7 Å². The summed E-state index contributed by atoms with van der Waals surface area (Å²) in [5, 5.41) is 2.87. The molecule has 2 aliphatic rings. The number of hydrogen-bond acceptors (Lipinski definition) is 6. The number of amides is 2. The van der Waals surface area contributed by atoms with Gasteiger partial charge in [-0.25, -0.2) is 18.1 Å². The molecular formula is C29H32N4O5S. The van der Waals surface area contributed by atoms with Gasteiger partial charge in [0, 0.05) is 30.8 Å². The number of pyridine rings is 1. The Hall–Kier alpha value is -3.76. The van der Waals surface area contributed by atoms with E-state index in [2.05, 4.69) is 15.0 Å². The topological polar surface area (TPSA) is 118 Å². The van der Waals surface area contributed by atoms with Crippen LogP contribution >= 0.6 is 0 Å². The molecule has 3 aromatic rings. The van der Waals surface area contributed by atoms with E-state index in [1.807, 2.05) is 36.4 Å². The monoisotopic (exact) mass is 548 g/mol. The highest BCUT2D eigenvalue weighted by atomic mass is 32.2. The number of hydrogen-bond donors (Lipinski definition) is 2. The summed E-state index contributed by atoms with van der Waals surface area (Å²) in [4.78, 5) is 31.6. The molecule has 1 aliphatic heterocycles. The normalized spacial score (nSPS) is 21.7. The Balaban J connectivity index is 1.20. The average molecular weight is 549 g/mol. The number of rotatable bonds is 7. The fraction of sp³-hybridized carbons (Fsp3) is 0.345. The van der Waals surface area contributed by atoms with Crippen molar-refractivity contribution < 1.29 is 22.7 Å². The Morgan fingerprint density at radius 1 is 1.00 bits per heavy atom. The highest BCUT2D eigenvalue weighted by molar-refractivity contribution is 7.89. The largest absolute Gasteiger partial charge is 0.481 e. The maximum atomic E-state index is 13.5. The van der Waals surface area contributed by atoms with Gasteiger partial charge in [-0.3, -0.25) is 9.59 Å².